The maximum atomic E-state index is 13.6. The van der Waals surface area contributed by atoms with E-state index in [2.05, 4.69) is 27.8 Å². The van der Waals surface area contributed by atoms with Crippen molar-refractivity contribution in [2.24, 2.45) is 11.8 Å². The molecule has 8 heteroatoms. The normalized spacial score (nSPS) is 22.2. The number of terminal acetylenes is 1. The van der Waals surface area contributed by atoms with E-state index in [-0.39, 0.29) is 29.9 Å². The van der Waals surface area contributed by atoms with Crippen LogP contribution in [0.5, 0.6) is 0 Å². The summed E-state index contributed by atoms with van der Waals surface area (Å²) >= 11 is 4.64. The van der Waals surface area contributed by atoms with E-state index in [1.807, 2.05) is 30.3 Å². The molecule has 2 amide bonds. The average molecular weight is 529 g/mol. The number of esters is 1. The molecule has 3 N–H and O–H groups in total. The first-order chi connectivity index (χ1) is 18.0. The fourth-order valence-corrected chi connectivity index (χ4v) is 5.36. The molecule has 1 aromatic carbocycles. The van der Waals surface area contributed by atoms with Crippen molar-refractivity contribution in [2.75, 3.05) is 18.2 Å². The molecule has 1 aromatic heterocycles. The molecule has 6 nitrogen and oxygen atoms in total. The number of primary amides is 1. The molecule has 2 aromatic rings. The first-order valence-corrected chi connectivity index (χ1v) is 13.6. The Hall–Kier alpha value is -2.95. The minimum Gasteiger partial charge on any atom is -0.461 e. The summed E-state index contributed by atoms with van der Waals surface area (Å²) in [4.78, 5) is 29.7. The number of carbonyl (C=O) groups is 2. The van der Waals surface area contributed by atoms with Gasteiger partial charge in [0.1, 0.15) is 17.7 Å². The molecule has 198 valence electrons. The van der Waals surface area contributed by atoms with Gasteiger partial charge in [0, 0.05) is 24.6 Å². The molecule has 3 atom stereocenters. The Morgan fingerprint density at radius 2 is 1.86 bits per heavy atom. The number of carbonyl (C=O) groups excluding carboxylic acids is 2. The number of benzene rings is 1. The molecule has 0 radical (unpaired) electrons. The molecule has 37 heavy (non-hydrogen) atoms. The summed E-state index contributed by atoms with van der Waals surface area (Å²) in [7, 11) is 0. The molecule has 4 rings (SSSR count). The lowest BCUT2D eigenvalue weighted by molar-refractivity contribution is -0.554. The number of aromatic nitrogens is 1. The number of alkyl halides is 1. The van der Waals surface area contributed by atoms with Crippen LogP contribution in [0.1, 0.15) is 56.9 Å². The SMILES string of the molecule is C#CC1CC(OC(=O)C2(c3ccccc3)CCCCCC2)C1CC[NH2+]C(=O)Nc1ccc(F)cn1.CCl. The third-order valence-corrected chi connectivity index (χ3v) is 7.44. The Bertz CT molecular complexity index is 1050. The van der Waals surface area contributed by atoms with Gasteiger partial charge in [-0.25, -0.2) is 14.2 Å². The number of pyridine rings is 1. The van der Waals surface area contributed by atoms with Crippen LogP contribution in [-0.2, 0) is 14.9 Å². The van der Waals surface area contributed by atoms with Crippen LogP contribution in [0.4, 0.5) is 15.0 Å². The third kappa shape index (κ3) is 7.30. The van der Waals surface area contributed by atoms with Crippen molar-refractivity contribution in [3.63, 3.8) is 0 Å². The lowest BCUT2D eigenvalue weighted by Gasteiger charge is -2.43. The van der Waals surface area contributed by atoms with Gasteiger partial charge in [0.25, 0.3) is 0 Å². The molecule has 0 saturated heterocycles. The van der Waals surface area contributed by atoms with E-state index in [4.69, 9.17) is 11.2 Å². The van der Waals surface area contributed by atoms with Gasteiger partial charge < -0.3 is 4.74 Å². The standard InChI is InChI=1S/C28H32FN3O3.CH3Cl/c1-2-20-18-24(23(20)14-17-30-27(34)32-25-13-12-22(29)19-31-25)35-26(33)28(15-8-3-4-9-16-28)21-10-6-5-7-11-21;1-2/h1,5-7,10-13,19-20,23-24H,3-4,8-9,14-18H2,(H2,30,31,32,34);1H3/p+1. The first kappa shape index (κ1) is 28.6. The van der Waals surface area contributed by atoms with Crippen molar-refractivity contribution in [3.8, 4) is 12.3 Å². The summed E-state index contributed by atoms with van der Waals surface area (Å²) in [6.45, 7) is 0.494. The lowest BCUT2D eigenvalue weighted by atomic mass is 9.69. The maximum Gasteiger partial charge on any atom is 0.418 e. The van der Waals surface area contributed by atoms with Crippen LogP contribution >= 0.6 is 11.6 Å². The maximum absolute atomic E-state index is 13.6. The smallest absolute Gasteiger partial charge is 0.418 e. The van der Waals surface area contributed by atoms with Crippen LogP contribution in [0.15, 0.2) is 48.7 Å². The summed E-state index contributed by atoms with van der Waals surface area (Å²) in [5, 5.41) is 4.16. The Kier molecular flexibility index (Phi) is 10.9. The van der Waals surface area contributed by atoms with Crippen molar-refractivity contribution in [1.82, 2.24) is 4.98 Å². The van der Waals surface area contributed by atoms with E-state index in [0.717, 1.165) is 50.3 Å². The van der Waals surface area contributed by atoms with Crippen LogP contribution in [0.25, 0.3) is 0 Å². The molecule has 0 bridgehead atoms. The zero-order valence-electron chi connectivity index (χ0n) is 21.3. The fourth-order valence-electron chi connectivity index (χ4n) is 5.36. The molecule has 0 spiro atoms. The minimum absolute atomic E-state index is 0.0237. The zero-order chi connectivity index (χ0) is 26.7. The second kappa shape index (κ2) is 14.1. The number of anilines is 1. The predicted octanol–water partition coefficient (Wildman–Crippen LogP) is 5.03. The second-order valence-corrected chi connectivity index (χ2v) is 9.61. The van der Waals surface area contributed by atoms with Crippen LogP contribution in [0, 0.1) is 30.0 Å². The fraction of sp³-hybridized carbons (Fsp3) is 0.483. The van der Waals surface area contributed by atoms with Crippen molar-refractivity contribution in [2.45, 2.75) is 62.9 Å². The van der Waals surface area contributed by atoms with Gasteiger partial charge in [-0.2, -0.15) is 0 Å². The van der Waals surface area contributed by atoms with E-state index in [1.165, 1.54) is 23.8 Å². The second-order valence-electron chi connectivity index (χ2n) is 9.61. The van der Waals surface area contributed by atoms with Crippen molar-refractivity contribution in [3.05, 3.63) is 60.0 Å². The molecule has 0 aliphatic heterocycles. The number of nitrogens with two attached hydrogens (primary N) is 1. The minimum atomic E-state index is -0.599. The molecule has 2 aliphatic carbocycles. The van der Waals surface area contributed by atoms with Gasteiger partial charge in [-0.3, -0.25) is 15.4 Å². The summed E-state index contributed by atoms with van der Waals surface area (Å²) < 4.78 is 19.1. The molecule has 2 fully saturated rings. The lowest BCUT2D eigenvalue weighted by Crippen LogP contribution is -2.89. The van der Waals surface area contributed by atoms with Crippen molar-refractivity contribution < 1.29 is 24.0 Å². The largest absolute Gasteiger partial charge is 0.461 e. The number of nitrogens with zero attached hydrogens (tertiary/aromatic N) is 1. The van der Waals surface area contributed by atoms with Crippen LogP contribution in [0.3, 0.4) is 0 Å². The highest BCUT2D eigenvalue weighted by Crippen LogP contribution is 2.43. The van der Waals surface area contributed by atoms with Crippen LogP contribution in [0.2, 0.25) is 0 Å². The van der Waals surface area contributed by atoms with E-state index in [0.29, 0.717) is 25.2 Å². The van der Waals surface area contributed by atoms with Gasteiger partial charge in [-0.05, 0) is 37.0 Å². The number of rotatable bonds is 7. The Morgan fingerprint density at radius 3 is 2.49 bits per heavy atom. The van der Waals surface area contributed by atoms with Crippen molar-refractivity contribution >= 4 is 29.4 Å². The Morgan fingerprint density at radius 1 is 1.16 bits per heavy atom. The van der Waals surface area contributed by atoms with Gasteiger partial charge in [0.2, 0.25) is 0 Å². The van der Waals surface area contributed by atoms with Gasteiger partial charge in [-0.15, -0.1) is 23.9 Å². The molecular formula is C29H36ClFN3O3+. The zero-order valence-corrected chi connectivity index (χ0v) is 22.1. The van der Waals surface area contributed by atoms with E-state index < -0.39 is 11.2 Å². The number of urea groups is 1. The van der Waals surface area contributed by atoms with Gasteiger partial charge in [0.05, 0.1) is 18.2 Å². The Balaban J connectivity index is 0.00000186. The molecule has 2 aliphatic rings. The summed E-state index contributed by atoms with van der Waals surface area (Å²) in [5.41, 5.74) is 0.438. The molecular weight excluding hydrogens is 493 g/mol. The number of hydrogen-bond donors (Lipinski definition) is 2. The highest BCUT2D eigenvalue weighted by molar-refractivity contribution is 6.15. The van der Waals surface area contributed by atoms with Gasteiger partial charge in [-0.1, -0.05) is 56.0 Å². The number of halogens is 2. The van der Waals surface area contributed by atoms with E-state index in [1.54, 1.807) is 0 Å². The van der Waals surface area contributed by atoms with Crippen LogP contribution in [-0.4, -0.2) is 36.0 Å². The number of nitrogens with one attached hydrogen (secondary N) is 1. The molecule has 1 heterocycles. The Labute approximate surface area is 223 Å². The quantitative estimate of drug-likeness (QED) is 0.228. The van der Waals surface area contributed by atoms with E-state index >= 15 is 0 Å². The number of quaternary nitrogens is 1. The summed E-state index contributed by atoms with van der Waals surface area (Å²) in [6, 6.07) is 12.4. The summed E-state index contributed by atoms with van der Waals surface area (Å²) in [6.07, 6.45) is 15.2. The molecule has 2 saturated carbocycles. The first-order valence-electron chi connectivity index (χ1n) is 12.9. The number of ether oxygens (including phenoxy) is 1. The monoisotopic (exact) mass is 528 g/mol. The third-order valence-electron chi connectivity index (χ3n) is 7.44. The van der Waals surface area contributed by atoms with Crippen LogP contribution < -0.4 is 10.6 Å². The predicted molar refractivity (Wildman–Crippen MR) is 143 cm³/mol. The van der Waals surface area contributed by atoms with Crippen molar-refractivity contribution in [1.29, 1.82) is 0 Å². The summed E-state index contributed by atoms with van der Waals surface area (Å²) in [5.74, 6) is 2.56. The van der Waals surface area contributed by atoms with E-state index in [9.17, 15) is 14.0 Å². The highest BCUT2D eigenvalue weighted by Gasteiger charge is 2.47. The number of amides is 2. The average Bonchev–Trinajstić information content (AvgIpc) is 3.19. The highest BCUT2D eigenvalue weighted by atomic mass is 35.5. The van der Waals surface area contributed by atoms with Gasteiger partial charge >= 0.3 is 12.0 Å². The topological polar surface area (TPSA) is 84.9 Å². The van der Waals surface area contributed by atoms with Gasteiger partial charge in [0.15, 0.2) is 0 Å². The number of hydrogen-bond acceptors (Lipinski definition) is 4. The molecule has 3 unspecified atom stereocenters.